The molecule has 11 heteroatoms. The fourth-order valence-corrected chi connectivity index (χ4v) is 3.82. The van der Waals surface area contributed by atoms with E-state index in [9.17, 15) is 14.9 Å². The number of piperazine rings is 1. The first-order valence-corrected chi connectivity index (χ1v) is 8.79. The number of rotatable bonds is 4. The number of nitrogens with zero attached hydrogens (tertiary/aromatic N) is 6. The van der Waals surface area contributed by atoms with E-state index in [1.54, 1.807) is 29.9 Å². The van der Waals surface area contributed by atoms with Crippen LogP contribution < -0.4 is 15.5 Å². The van der Waals surface area contributed by atoms with Crippen LogP contribution in [-0.4, -0.2) is 51.4 Å². The van der Waals surface area contributed by atoms with Gasteiger partial charge < -0.3 is 25.6 Å². The van der Waals surface area contributed by atoms with E-state index in [1.165, 1.54) is 15.7 Å². The number of primary amides is 1. The SMILES string of the molecule is NC(=O)c1cccnc1N1CCN(c2nc3sccn3c2[N+](=O)[O-])CC1. The number of anilines is 2. The van der Waals surface area contributed by atoms with E-state index in [0.29, 0.717) is 48.3 Å². The van der Waals surface area contributed by atoms with Crippen LogP contribution in [0.15, 0.2) is 29.9 Å². The van der Waals surface area contributed by atoms with Gasteiger partial charge in [-0.2, -0.15) is 9.38 Å². The van der Waals surface area contributed by atoms with Crippen LogP contribution in [-0.2, 0) is 0 Å². The second kappa shape index (κ2) is 6.26. The molecule has 0 aromatic carbocycles. The molecule has 3 aromatic heterocycles. The largest absolute Gasteiger partial charge is 0.373 e. The normalized spacial score (nSPS) is 14.8. The van der Waals surface area contributed by atoms with Crippen molar-refractivity contribution in [1.29, 1.82) is 0 Å². The van der Waals surface area contributed by atoms with E-state index in [1.807, 2.05) is 9.80 Å². The lowest BCUT2D eigenvalue weighted by atomic mass is 10.2. The molecular formula is C15H15N7O3S. The first kappa shape index (κ1) is 16.3. The number of aromatic nitrogens is 3. The van der Waals surface area contributed by atoms with Crippen LogP contribution in [0, 0.1) is 10.1 Å². The van der Waals surface area contributed by atoms with Crippen LogP contribution >= 0.6 is 11.3 Å². The smallest absolute Gasteiger partial charge is 0.365 e. The number of amides is 1. The molecule has 134 valence electrons. The van der Waals surface area contributed by atoms with E-state index in [2.05, 4.69) is 9.97 Å². The molecule has 0 spiro atoms. The summed E-state index contributed by atoms with van der Waals surface area (Å²) >= 11 is 1.36. The van der Waals surface area contributed by atoms with Crippen LogP contribution in [0.5, 0.6) is 0 Å². The highest BCUT2D eigenvalue weighted by molar-refractivity contribution is 7.15. The summed E-state index contributed by atoms with van der Waals surface area (Å²) in [6.07, 6.45) is 3.26. The number of carbonyl (C=O) groups excluding carboxylic acids is 1. The van der Waals surface area contributed by atoms with E-state index in [0.717, 1.165) is 0 Å². The zero-order valence-electron chi connectivity index (χ0n) is 13.6. The predicted octanol–water partition coefficient (Wildman–Crippen LogP) is 1.12. The van der Waals surface area contributed by atoms with Crippen LogP contribution in [0.3, 0.4) is 0 Å². The maximum Gasteiger partial charge on any atom is 0.373 e. The fourth-order valence-electron chi connectivity index (χ4n) is 3.12. The van der Waals surface area contributed by atoms with Gasteiger partial charge in [0.1, 0.15) is 12.0 Å². The second-order valence-electron chi connectivity index (χ2n) is 5.78. The average molecular weight is 373 g/mol. The van der Waals surface area contributed by atoms with Gasteiger partial charge in [0.2, 0.25) is 5.82 Å². The molecule has 0 atom stereocenters. The lowest BCUT2D eigenvalue weighted by Crippen LogP contribution is -2.47. The summed E-state index contributed by atoms with van der Waals surface area (Å²) in [5, 5.41) is 13.3. The minimum atomic E-state index is -0.527. The molecule has 26 heavy (non-hydrogen) atoms. The molecule has 1 aliphatic rings. The quantitative estimate of drug-likeness (QED) is 0.537. The molecule has 0 unspecified atom stereocenters. The second-order valence-corrected chi connectivity index (χ2v) is 6.66. The molecule has 1 aliphatic heterocycles. The topological polar surface area (TPSA) is 123 Å². The Bertz CT molecular complexity index is 990. The predicted molar refractivity (Wildman–Crippen MR) is 96.9 cm³/mol. The van der Waals surface area contributed by atoms with Gasteiger partial charge in [-0.25, -0.2) is 4.98 Å². The maximum atomic E-state index is 11.6. The first-order chi connectivity index (χ1) is 12.6. The van der Waals surface area contributed by atoms with Gasteiger partial charge >= 0.3 is 5.82 Å². The number of pyridine rings is 1. The Labute approximate surface area is 151 Å². The number of carbonyl (C=O) groups is 1. The van der Waals surface area contributed by atoms with Gasteiger partial charge in [-0.05, 0) is 17.1 Å². The van der Waals surface area contributed by atoms with Crippen molar-refractivity contribution in [3.8, 4) is 0 Å². The summed E-state index contributed by atoms with van der Waals surface area (Å²) in [4.78, 5) is 35.8. The molecule has 3 aromatic rings. The fraction of sp³-hybridized carbons (Fsp3) is 0.267. The molecule has 1 fully saturated rings. The highest BCUT2D eigenvalue weighted by Gasteiger charge is 2.31. The van der Waals surface area contributed by atoms with Crippen molar-refractivity contribution in [2.75, 3.05) is 36.0 Å². The summed E-state index contributed by atoms with van der Waals surface area (Å²) in [6, 6.07) is 3.31. The highest BCUT2D eigenvalue weighted by Crippen LogP contribution is 2.32. The zero-order valence-corrected chi connectivity index (χ0v) is 14.4. The van der Waals surface area contributed by atoms with Crippen molar-refractivity contribution in [2.24, 2.45) is 5.73 Å². The highest BCUT2D eigenvalue weighted by atomic mass is 32.1. The molecule has 2 N–H and O–H groups in total. The zero-order chi connectivity index (χ0) is 18.3. The summed E-state index contributed by atoms with van der Waals surface area (Å²) in [5.41, 5.74) is 5.79. The van der Waals surface area contributed by atoms with Crippen LogP contribution in [0.2, 0.25) is 0 Å². The van der Waals surface area contributed by atoms with Crippen molar-refractivity contribution in [2.45, 2.75) is 0 Å². The van der Waals surface area contributed by atoms with Crippen LogP contribution in [0.1, 0.15) is 10.4 Å². The summed E-state index contributed by atoms with van der Waals surface area (Å²) in [5.74, 6) is 0.364. The van der Waals surface area contributed by atoms with Gasteiger partial charge in [0.25, 0.3) is 10.9 Å². The number of hydrogen-bond donors (Lipinski definition) is 1. The molecule has 1 saturated heterocycles. The Kier molecular flexibility index (Phi) is 3.92. The van der Waals surface area contributed by atoms with Gasteiger partial charge in [-0.1, -0.05) is 11.3 Å². The third-order valence-corrected chi connectivity index (χ3v) is 5.08. The van der Waals surface area contributed by atoms with Gasteiger partial charge in [0.15, 0.2) is 0 Å². The lowest BCUT2D eigenvalue weighted by molar-refractivity contribution is -0.389. The Balaban J connectivity index is 1.58. The summed E-state index contributed by atoms with van der Waals surface area (Å²) < 4.78 is 1.50. The minimum Gasteiger partial charge on any atom is -0.365 e. The summed E-state index contributed by atoms with van der Waals surface area (Å²) in [6.45, 7) is 2.17. The van der Waals surface area contributed by atoms with Crippen molar-refractivity contribution in [1.82, 2.24) is 14.4 Å². The van der Waals surface area contributed by atoms with E-state index in [4.69, 9.17) is 5.73 Å². The monoisotopic (exact) mass is 373 g/mol. The van der Waals surface area contributed by atoms with Gasteiger partial charge in [-0.15, -0.1) is 0 Å². The van der Waals surface area contributed by atoms with Crippen LogP contribution in [0.4, 0.5) is 17.5 Å². The third kappa shape index (κ3) is 2.62. The molecule has 0 bridgehead atoms. The molecule has 0 radical (unpaired) electrons. The maximum absolute atomic E-state index is 11.6. The number of hydrogen-bond acceptors (Lipinski definition) is 8. The number of imidazole rings is 1. The molecule has 4 heterocycles. The van der Waals surface area contributed by atoms with Crippen molar-refractivity contribution in [3.63, 3.8) is 0 Å². The van der Waals surface area contributed by atoms with E-state index < -0.39 is 10.8 Å². The Hall–Kier alpha value is -3.21. The van der Waals surface area contributed by atoms with Crippen molar-refractivity contribution >= 4 is 39.7 Å². The summed E-state index contributed by atoms with van der Waals surface area (Å²) in [7, 11) is 0. The Morgan fingerprint density at radius 2 is 1.92 bits per heavy atom. The molecular weight excluding hydrogens is 358 g/mol. The molecule has 10 nitrogen and oxygen atoms in total. The first-order valence-electron chi connectivity index (χ1n) is 7.91. The molecule has 0 saturated carbocycles. The third-order valence-electron chi connectivity index (χ3n) is 4.32. The lowest BCUT2D eigenvalue weighted by Gasteiger charge is -2.35. The number of fused-ring (bicyclic) bond motifs is 1. The number of nitrogens with two attached hydrogens (primary N) is 1. The average Bonchev–Trinajstić information content (AvgIpc) is 3.22. The number of nitro groups is 1. The van der Waals surface area contributed by atoms with Crippen molar-refractivity contribution in [3.05, 3.63) is 45.6 Å². The molecule has 4 rings (SSSR count). The Morgan fingerprint density at radius 1 is 1.23 bits per heavy atom. The van der Waals surface area contributed by atoms with Crippen molar-refractivity contribution < 1.29 is 9.72 Å². The van der Waals surface area contributed by atoms with Gasteiger partial charge in [0.05, 0.1) is 5.56 Å². The number of thiazole rings is 1. The minimum absolute atomic E-state index is 0.0228. The van der Waals surface area contributed by atoms with Gasteiger partial charge in [0, 0.05) is 37.8 Å². The van der Waals surface area contributed by atoms with E-state index in [-0.39, 0.29) is 5.82 Å². The van der Waals surface area contributed by atoms with E-state index >= 15 is 0 Å². The standard InChI is InChI=1S/C15H15N7O3S/c16-11(23)10-2-1-3-17-12(10)19-4-6-20(7-5-19)13-14(22(24)25)21-8-9-26-15(21)18-13/h1-3,8-9H,4-7H2,(H2,16,23). The molecule has 1 amide bonds. The Morgan fingerprint density at radius 3 is 2.58 bits per heavy atom. The van der Waals surface area contributed by atoms with Gasteiger partial charge in [-0.3, -0.25) is 4.79 Å². The molecule has 0 aliphatic carbocycles. The van der Waals surface area contributed by atoms with Crippen LogP contribution in [0.25, 0.3) is 4.96 Å².